The van der Waals surface area contributed by atoms with E-state index >= 15 is 0 Å². The van der Waals surface area contributed by atoms with Crippen LogP contribution in [0.5, 0.6) is 0 Å². The maximum absolute atomic E-state index is 12.9. The Morgan fingerprint density at radius 3 is 2.33 bits per heavy atom. The van der Waals surface area contributed by atoms with Gasteiger partial charge in [0, 0.05) is 5.41 Å². The quantitative estimate of drug-likeness (QED) is 0.778. The van der Waals surface area contributed by atoms with Crippen LogP contribution < -0.4 is 11.1 Å². The van der Waals surface area contributed by atoms with Crippen molar-refractivity contribution in [1.29, 1.82) is 0 Å². The zero-order chi connectivity index (χ0) is 18.0. The second-order valence-electron chi connectivity index (χ2n) is 7.35. The molecule has 3 atom stereocenters. The summed E-state index contributed by atoms with van der Waals surface area (Å²) >= 11 is 0. The van der Waals surface area contributed by atoms with Gasteiger partial charge in [-0.3, -0.25) is 4.79 Å². The summed E-state index contributed by atoms with van der Waals surface area (Å²) in [5.41, 5.74) is 4.29. The van der Waals surface area contributed by atoms with E-state index in [0.717, 1.165) is 5.56 Å². The number of epoxide rings is 1. The summed E-state index contributed by atoms with van der Waals surface area (Å²) in [5, 5.41) is 2.98. The normalized spacial score (nSPS) is 20.6. The molecule has 1 aromatic rings. The van der Waals surface area contributed by atoms with Crippen LogP contribution in [0.25, 0.3) is 0 Å². The van der Waals surface area contributed by atoms with E-state index in [-0.39, 0.29) is 18.1 Å². The van der Waals surface area contributed by atoms with E-state index in [0.29, 0.717) is 13.0 Å². The van der Waals surface area contributed by atoms with Crippen LogP contribution in [-0.2, 0) is 20.7 Å². The number of nitrogens with two attached hydrogens (primary N) is 1. The summed E-state index contributed by atoms with van der Waals surface area (Å²) in [6.45, 7) is 7.68. The van der Waals surface area contributed by atoms with Gasteiger partial charge >= 0.3 is 6.09 Å². The lowest BCUT2D eigenvalue weighted by molar-refractivity contribution is -0.150. The molecule has 132 valence electrons. The van der Waals surface area contributed by atoms with Crippen LogP contribution in [0, 0.1) is 5.41 Å². The molecule has 0 aliphatic carbocycles. The van der Waals surface area contributed by atoms with Crippen LogP contribution in [0.15, 0.2) is 30.3 Å². The minimum absolute atomic E-state index is 0.0213. The number of benzene rings is 1. The van der Waals surface area contributed by atoms with Gasteiger partial charge in [0.25, 0.3) is 5.91 Å². The molecule has 2 amide bonds. The van der Waals surface area contributed by atoms with Crippen LogP contribution in [0.3, 0.4) is 0 Å². The molecule has 1 aliphatic heterocycles. The molecule has 0 spiro atoms. The first-order chi connectivity index (χ1) is 11.1. The number of hydrogen-bond donors (Lipinski definition) is 2. The minimum atomic E-state index is -1.37. The highest BCUT2D eigenvalue weighted by atomic mass is 16.6. The Morgan fingerprint density at radius 1 is 1.29 bits per heavy atom. The Morgan fingerprint density at radius 2 is 1.88 bits per heavy atom. The summed E-state index contributed by atoms with van der Waals surface area (Å²) in [4.78, 5) is 24.2. The SMILES string of the molecule is CC(C)(C)[C@](C)(OC(N)=O)C(=O)N[C@@H](Cc1ccccc1)[C@@H]1CO1. The summed E-state index contributed by atoms with van der Waals surface area (Å²) in [6, 6.07) is 9.68. The zero-order valence-electron chi connectivity index (χ0n) is 14.7. The van der Waals surface area contributed by atoms with E-state index in [1.165, 1.54) is 0 Å². The molecular weight excluding hydrogens is 308 g/mol. The van der Waals surface area contributed by atoms with E-state index in [2.05, 4.69) is 5.32 Å². The first kappa shape index (κ1) is 18.3. The summed E-state index contributed by atoms with van der Waals surface area (Å²) in [5.74, 6) is -0.370. The molecule has 0 saturated carbocycles. The van der Waals surface area contributed by atoms with Crippen molar-refractivity contribution in [2.24, 2.45) is 11.1 Å². The summed E-state index contributed by atoms with van der Waals surface area (Å²) in [6.07, 6.45) is -0.342. The maximum Gasteiger partial charge on any atom is 0.405 e. The van der Waals surface area contributed by atoms with Gasteiger partial charge < -0.3 is 20.5 Å². The molecular formula is C18H26N2O4. The number of primary amides is 1. The monoisotopic (exact) mass is 334 g/mol. The lowest BCUT2D eigenvalue weighted by Crippen LogP contribution is -2.59. The van der Waals surface area contributed by atoms with Crippen LogP contribution in [0.2, 0.25) is 0 Å². The lowest BCUT2D eigenvalue weighted by Gasteiger charge is -2.39. The van der Waals surface area contributed by atoms with E-state index in [4.69, 9.17) is 15.2 Å². The van der Waals surface area contributed by atoms with Gasteiger partial charge in [0.2, 0.25) is 0 Å². The zero-order valence-corrected chi connectivity index (χ0v) is 14.7. The predicted molar refractivity (Wildman–Crippen MR) is 90.3 cm³/mol. The first-order valence-corrected chi connectivity index (χ1v) is 8.08. The maximum atomic E-state index is 12.9. The van der Waals surface area contributed by atoms with E-state index < -0.39 is 17.1 Å². The van der Waals surface area contributed by atoms with Crippen molar-refractivity contribution in [3.05, 3.63) is 35.9 Å². The Bertz CT molecular complexity index is 593. The molecule has 2 rings (SSSR count). The molecule has 0 bridgehead atoms. The number of nitrogens with one attached hydrogen (secondary N) is 1. The largest absolute Gasteiger partial charge is 0.433 e. The van der Waals surface area contributed by atoms with Crippen molar-refractivity contribution in [2.45, 2.75) is 51.9 Å². The molecule has 0 unspecified atom stereocenters. The fourth-order valence-corrected chi connectivity index (χ4v) is 2.48. The Labute approximate surface area is 142 Å². The second-order valence-corrected chi connectivity index (χ2v) is 7.35. The molecule has 1 heterocycles. The van der Waals surface area contributed by atoms with Gasteiger partial charge in [-0.15, -0.1) is 0 Å². The molecule has 6 heteroatoms. The first-order valence-electron chi connectivity index (χ1n) is 8.08. The molecule has 3 N–H and O–H groups in total. The predicted octanol–water partition coefficient (Wildman–Crippen LogP) is 2.01. The summed E-state index contributed by atoms with van der Waals surface area (Å²) in [7, 11) is 0. The Hall–Kier alpha value is -2.08. The van der Waals surface area contributed by atoms with Crippen molar-refractivity contribution in [3.8, 4) is 0 Å². The van der Waals surface area contributed by atoms with Crippen LogP contribution in [-0.4, -0.2) is 36.4 Å². The molecule has 1 saturated heterocycles. The van der Waals surface area contributed by atoms with Crippen molar-refractivity contribution in [3.63, 3.8) is 0 Å². The van der Waals surface area contributed by atoms with E-state index in [9.17, 15) is 9.59 Å². The molecule has 1 fully saturated rings. The molecule has 6 nitrogen and oxygen atoms in total. The van der Waals surface area contributed by atoms with Crippen molar-refractivity contribution in [2.75, 3.05) is 6.61 Å². The van der Waals surface area contributed by atoms with Crippen LogP contribution >= 0.6 is 0 Å². The second kappa shape index (κ2) is 6.81. The third kappa shape index (κ3) is 4.26. The van der Waals surface area contributed by atoms with Crippen molar-refractivity contribution in [1.82, 2.24) is 5.32 Å². The molecule has 0 radical (unpaired) electrons. The number of ether oxygens (including phenoxy) is 2. The average molecular weight is 334 g/mol. The van der Waals surface area contributed by atoms with Gasteiger partial charge in [0.1, 0.15) is 6.10 Å². The third-order valence-electron chi connectivity index (χ3n) is 4.59. The average Bonchev–Trinajstić information content (AvgIpc) is 3.30. The van der Waals surface area contributed by atoms with Crippen molar-refractivity contribution >= 4 is 12.0 Å². The van der Waals surface area contributed by atoms with Gasteiger partial charge in [-0.1, -0.05) is 51.1 Å². The van der Waals surface area contributed by atoms with Gasteiger partial charge in [-0.2, -0.15) is 0 Å². The van der Waals surface area contributed by atoms with Gasteiger partial charge in [-0.05, 0) is 18.9 Å². The fourth-order valence-electron chi connectivity index (χ4n) is 2.48. The van der Waals surface area contributed by atoms with E-state index in [1.807, 2.05) is 51.1 Å². The molecule has 24 heavy (non-hydrogen) atoms. The van der Waals surface area contributed by atoms with Crippen LogP contribution in [0.1, 0.15) is 33.3 Å². The van der Waals surface area contributed by atoms with Gasteiger partial charge in [-0.25, -0.2) is 4.79 Å². The summed E-state index contributed by atoms with van der Waals surface area (Å²) < 4.78 is 10.6. The number of carbonyl (C=O) groups excluding carboxylic acids is 2. The number of carbonyl (C=O) groups is 2. The smallest absolute Gasteiger partial charge is 0.405 e. The number of rotatable bonds is 6. The molecule has 1 aromatic carbocycles. The minimum Gasteiger partial charge on any atom is -0.433 e. The highest BCUT2D eigenvalue weighted by Gasteiger charge is 2.49. The molecule has 1 aliphatic rings. The van der Waals surface area contributed by atoms with E-state index in [1.54, 1.807) is 6.92 Å². The highest BCUT2D eigenvalue weighted by Crippen LogP contribution is 2.34. The van der Waals surface area contributed by atoms with Gasteiger partial charge in [0.15, 0.2) is 5.60 Å². The molecule has 0 aromatic heterocycles. The topological polar surface area (TPSA) is 94.0 Å². The Kier molecular flexibility index (Phi) is 5.18. The highest BCUT2D eigenvalue weighted by molar-refractivity contribution is 5.88. The lowest BCUT2D eigenvalue weighted by atomic mass is 9.76. The standard InChI is InChI=1S/C18H26N2O4/c1-17(2,3)18(4,24-16(19)22)15(21)20-13(14-11-23-14)10-12-8-6-5-7-9-12/h5-9,13-14H,10-11H2,1-4H3,(H2,19,22)(H,20,21)/t13-,14-,18+/m0/s1. The van der Waals surface area contributed by atoms with Crippen molar-refractivity contribution < 1.29 is 19.1 Å². The number of amides is 2. The number of hydrogen-bond acceptors (Lipinski definition) is 4. The third-order valence-corrected chi connectivity index (χ3v) is 4.59. The van der Waals surface area contributed by atoms with Gasteiger partial charge in [0.05, 0.1) is 12.6 Å². The fraction of sp³-hybridized carbons (Fsp3) is 0.556. The Balaban J connectivity index is 2.15. The van der Waals surface area contributed by atoms with Crippen LogP contribution in [0.4, 0.5) is 4.79 Å².